The quantitative estimate of drug-likeness (QED) is 0.779. The van der Waals surface area contributed by atoms with Crippen LogP contribution in [-0.4, -0.2) is 25.4 Å². The van der Waals surface area contributed by atoms with Gasteiger partial charge in [0, 0.05) is 18.0 Å². The molecular formula is C13H7F2N3O2. The summed E-state index contributed by atoms with van der Waals surface area (Å²) in [6.07, 6.45) is 2.95. The third kappa shape index (κ3) is 1.80. The lowest BCUT2D eigenvalue weighted by Crippen LogP contribution is -2.03. The minimum atomic E-state index is -1.23. The minimum Gasteiger partial charge on any atom is -0.476 e. The van der Waals surface area contributed by atoms with Gasteiger partial charge in [0.2, 0.25) is 5.78 Å². The van der Waals surface area contributed by atoms with Gasteiger partial charge in [-0.3, -0.25) is 4.40 Å². The molecule has 0 saturated carbocycles. The lowest BCUT2D eigenvalue weighted by atomic mass is 10.1. The molecule has 0 aliphatic heterocycles. The van der Waals surface area contributed by atoms with E-state index in [1.165, 1.54) is 22.9 Å². The molecule has 0 unspecified atom stereocenters. The van der Waals surface area contributed by atoms with Crippen molar-refractivity contribution in [2.24, 2.45) is 0 Å². The smallest absolute Gasteiger partial charge is 0.355 e. The molecule has 7 heteroatoms. The number of carboxylic acids is 1. The topological polar surface area (TPSA) is 67.5 Å². The zero-order valence-electron chi connectivity index (χ0n) is 9.92. The number of benzene rings is 1. The van der Waals surface area contributed by atoms with E-state index in [4.69, 9.17) is 0 Å². The third-order valence-corrected chi connectivity index (χ3v) is 2.80. The number of aromatic nitrogens is 3. The zero-order valence-corrected chi connectivity index (χ0v) is 9.92. The molecule has 0 bridgehead atoms. The Morgan fingerprint density at radius 2 is 2.05 bits per heavy atom. The number of fused-ring (bicyclic) bond motifs is 1. The molecule has 0 aliphatic rings. The summed E-state index contributed by atoms with van der Waals surface area (Å²) in [5.41, 5.74) is 0.0565. The third-order valence-electron chi connectivity index (χ3n) is 2.80. The second-order valence-electron chi connectivity index (χ2n) is 4.03. The molecular weight excluding hydrogens is 268 g/mol. The molecule has 0 fully saturated rings. The van der Waals surface area contributed by atoms with Crippen LogP contribution in [0.4, 0.5) is 8.78 Å². The Morgan fingerprint density at radius 3 is 2.75 bits per heavy atom. The molecule has 3 rings (SSSR count). The fraction of sp³-hybridized carbons (Fsp3) is 0. The predicted octanol–water partition coefficient (Wildman–Crippen LogP) is 2.37. The number of carbonyl (C=O) groups is 1. The highest BCUT2D eigenvalue weighted by atomic mass is 19.2. The molecule has 0 saturated heterocycles. The molecule has 0 radical (unpaired) electrons. The van der Waals surface area contributed by atoms with Gasteiger partial charge in [0.15, 0.2) is 17.3 Å². The Bertz CT molecular complexity index is 830. The van der Waals surface area contributed by atoms with Gasteiger partial charge in [0.05, 0.1) is 0 Å². The number of imidazole rings is 1. The highest BCUT2D eigenvalue weighted by Gasteiger charge is 2.21. The Hall–Kier alpha value is -2.83. The highest BCUT2D eigenvalue weighted by molar-refractivity contribution is 5.94. The Kier molecular flexibility index (Phi) is 2.67. The van der Waals surface area contributed by atoms with E-state index in [0.717, 1.165) is 12.1 Å². The van der Waals surface area contributed by atoms with Gasteiger partial charge in [-0.15, -0.1) is 0 Å². The fourth-order valence-electron chi connectivity index (χ4n) is 1.94. The molecule has 0 spiro atoms. The summed E-state index contributed by atoms with van der Waals surface area (Å²) in [4.78, 5) is 19.4. The van der Waals surface area contributed by atoms with Crippen LogP contribution in [0.25, 0.3) is 17.0 Å². The first-order valence-electron chi connectivity index (χ1n) is 5.59. The number of nitrogens with zero attached hydrogens (tertiary/aromatic N) is 3. The van der Waals surface area contributed by atoms with Crippen molar-refractivity contribution in [1.82, 2.24) is 14.4 Å². The molecule has 0 amide bonds. The fourth-order valence-corrected chi connectivity index (χ4v) is 1.94. The Balaban J connectivity index is 2.32. The zero-order chi connectivity index (χ0) is 14.3. The van der Waals surface area contributed by atoms with Crippen molar-refractivity contribution < 1.29 is 18.7 Å². The molecule has 1 N–H and O–H groups in total. The van der Waals surface area contributed by atoms with E-state index in [-0.39, 0.29) is 22.7 Å². The molecule has 0 atom stereocenters. The van der Waals surface area contributed by atoms with Crippen LogP contribution in [0.2, 0.25) is 0 Å². The van der Waals surface area contributed by atoms with Crippen molar-refractivity contribution in [1.29, 1.82) is 0 Å². The first-order valence-corrected chi connectivity index (χ1v) is 5.59. The second-order valence-corrected chi connectivity index (χ2v) is 4.03. The summed E-state index contributed by atoms with van der Waals surface area (Å²) in [6, 6.07) is 4.65. The minimum absolute atomic E-state index is 0.0371. The molecule has 1 aromatic carbocycles. The van der Waals surface area contributed by atoms with Crippen LogP contribution in [-0.2, 0) is 0 Å². The second kappa shape index (κ2) is 4.37. The lowest BCUT2D eigenvalue weighted by molar-refractivity contribution is 0.0690. The standard InChI is InChI=1S/C13H7F2N3O2/c14-8-3-2-7(6-9(8)15)10-11(12(19)20)18-5-1-4-16-13(18)17-10/h1-6H,(H,19,20). The lowest BCUT2D eigenvalue weighted by Gasteiger charge is -2.01. The van der Waals surface area contributed by atoms with E-state index >= 15 is 0 Å². The van der Waals surface area contributed by atoms with Gasteiger partial charge in [-0.25, -0.2) is 23.5 Å². The number of hydrogen-bond donors (Lipinski definition) is 1. The van der Waals surface area contributed by atoms with Gasteiger partial charge < -0.3 is 5.11 Å². The molecule has 5 nitrogen and oxygen atoms in total. The van der Waals surface area contributed by atoms with Crippen LogP contribution in [0.3, 0.4) is 0 Å². The van der Waals surface area contributed by atoms with Gasteiger partial charge in [-0.05, 0) is 24.3 Å². The van der Waals surface area contributed by atoms with Crippen LogP contribution < -0.4 is 0 Å². The van der Waals surface area contributed by atoms with E-state index in [9.17, 15) is 18.7 Å². The van der Waals surface area contributed by atoms with Crippen molar-refractivity contribution in [2.75, 3.05) is 0 Å². The van der Waals surface area contributed by atoms with E-state index in [0.29, 0.717) is 0 Å². The van der Waals surface area contributed by atoms with Crippen LogP contribution >= 0.6 is 0 Å². The number of rotatable bonds is 2. The monoisotopic (exact) mass is 275 g/mol. The van der Waals surface area contributed by atoms with Crippen molar-refractivity contribution in [2.45, 2.75) is 0 Å². The van der Waals surface area contributed by atoms with Crippen molar-refractivity contribution in [3.63, 3.8) is 0 Å². The summed E-state index contributed by atoms with van der Waals surface area (Å²) >= 11 is 0. The maximum atomic E-state index is 13.3. The molecule has 3 aromatic rings. The Morgan fingerprint density at radius 1 is 1.25 bits per heavy atom. The van der Waals surface area contributed by atoms with Crippen LogP contribution in [0.5, 0.6) is 0 Å². The van der Waals surface area contributed by atoms with E-state index in [1.807, 2.05) is 0 Å². The summed E-state index contributed by atoms with van der Waals surface area (Å²) in [7, 11) is 0. The van der Waals surface area contributed by atoms with Crippen molar-refractivity contribution >= 4 is 11.7 Å². The SMILES string of the molecule is O=C(O)c1c(-c2ccc(F)c(F)c2)nc2ncccn12. The largest absolute Gasteiger partial charge is 0.476 e. The molecule has 0 aliphatic carbocycles. The number of aromatic carboxylic acids is 1. The van der Waals surface area contributed by atoms with E-state index < -0.39 is 17.6 Å². The number of halogens is 2. The molecule has 20 heavy (non-hydrogen) atoms. The average molecular weight is 275 g/mol. The van der Waals surface area contributed by atoms with Crippen LogP contribution in [0, 0.1) is 11.6 Å². The first-order chi connectivity index (χ1) is 9.58. The van der Waals surface area contributed by atoms with Gasteiger partial charge in [0.1, 0.15) is 5.69 Å². The van der Waals surface area contributed by atoms with Gasteiger partial charge >= 0.3 is 5.97 Å². The van der Waals surface area contributed by atoms with E-state index in [2.05, 4.69) is 9.97 Å². The summed E-state index contributed by atoms with van der Waals surface area (Å²) < 4.78 is 27.5. The van der Waals surface area contributed by atoms with Crippen LogP contribution in [0.15, 0.2) is 36.7 Å². The predicted molar refractivity (Wildman–Crippen MR) is 65.3 cm³/mol. The maximum Gasteiger partial charge on any atom is 0.355 e. The highest BCUT2D eigenvalue weighted by Crippen LogP contribution is 2.25. The normalized spacial score (nSPS) is 10.9. The molecule has 2 heterocycles. The molecule has 2 aromatic heterocycles. The summed E-state index contributed by atoms with van der Waals surface area (Å²) in [5.74, 6) is -3.13. The molecule has 100 valence electrons. The number of hydrogen-bond acceptors (Lipinski definition) is 3. The number of carboxylic acid groups (broad SMARTS) is 1. The Labute approximate surface area is 111 Å². The van der Waals surface area contributed by atoms with E-state index in [1.54, 1.807) is 6.07 Å². The van der Waals surface area contributed by atoms with Crippen molar-refractivity contribution in [3.05, 3.63) is 54.0 Å². The van der Waals surface area contributed by atoms with Gasteiger partial charge in [-0.1, -0.05) is 0 Å². The van der Waals surface area contributed by atoms with Gasteiger partial charge in [-0.2, -0.15) is 0 Å². The van der Waals surface area contributed by atoms with Gasteiger partial charge in [0.25, 0.3) is 0 Å². The average Bonchev–Trinajstić information content (AvgIpc) is 2.81. The first kappa shape index (κ1) is 12.2. The van der Waals surface area contributed by atoms with Crippen molar-refractivity contribution in [3.8, 4) is 11.3 Å². The van der Waals surface area contributed by atoms with Crippen LogP contribution in [0.1, 0.15) is 10.5 Å². The summed E-state index contributed by atoms with van der Waals surface area (Å²) in [5, 5.41) is 9.28. The maximum absolute atomic E-state index is 13.3. The summed E-state index contributed by atoms with van der Waals surface area (Å²) in [6.45, 7) is 0.